The molecule has 0 spiro atoms. The molecule has 0 radical (unpaired) electrons. The van der Waals surface area contributed by atoms with E-state index in [4.69, 9.17) is 4.74 Å². The quantitative estimate of drug-likeness (QED) is 0.770. The lowest BCUT2D eigenvalue weighted by Gasteiger charge is -2.08. The van der Waals surface area contributed by atoms with Gasteiger partial charge < -0.3 is 10.1 Å². The average Bonchev–Trinajstić information content (AvgIpc) is 2.55. The highest BCUT2D eigenvalue weighted by molar-refractivity contribution is 7.92. The molecule has 0 saturated carbocycles. The van der Waals surface area contributed by atoms with E-state index in [-0.39, 0.29) is 11.6 Å². The Morgan fingerprint density at radius 1 is 1.13 bits per heavy atom. The van der Waals surface area contributed by atoms with E-state index >= 15 is 0 Å². The molecule has 2 aromatic rings. The molecule has 0 atom stereocenters. The minimum Gasteiger partial charge on any atom is -0.497 e. The zero-order valence-corrected chi connectivity index (χ0v) is 13.9. The van der Waals surface area contributed by atoms with Gasteiger partial charge in [0, 0.05) is 11.8 Å². The summed E-state index contributed by atoms with van der Waals surface area (Å²) in [4.78, 5) is 0. The van der Waals surface area contributed by atoms with Crippen LogP contribution in [0.3, 0.4) is 0 Å². The van der Waals surface area contributed by atoms with Crippen molar-refractivity contribution in [3.8, 4) is 5.75 Å². The summed E-state index contributed by atoms with van der Waals surface area (Å²) in [6.45, 7) is 1.94. The summed E-state index contributed by atoms with van der Waals surface area (Å²) in [6.07, 6.45) is 1.42. The van der Waals surface area contributed by atoms with Crippen LogP contribution in [0.1, 0.15) is 19.8 Å². The molecule has 7 nitrogen and oxygen atoms in total. The molecular weight excluding hydrogens is 316 g/mol. The van der Waals surface area contributed by atoms with Crippen molar-refractivity contribution in [2.75, 3.05) is 22.9 Å². The van der Waals surface area contributed by atoms with Gasteiger partial charge in [0.15, 0.2) is 11.6 Å². The summed E-state index contributed by atoms with van der Waals surface area (Å²) in [5.74, 6) is 1.52. The van der Waals surface area contributed by atoms with Crippen LogP contribution >= 0.6 is 0 Å². The molecule has 0 amide bonds. The maximum absolute atomic E-state index is 11.8. The highest BCUT2D eigenvalue weighted by atomic mass is 32.2. The molecule has 1 heterocycles. The van der Waals surface area contributed by atoms with Crippen LogP contribution < -0.4 is 14.8 Å². The Labute approximate surface area is 136 Å². The van der Waals surface area contributed by atoms with E-state index in [1.54, 1.807) is 19.2 Å². The Bertz CT molecular complexity index is 733. The zero-order chi connectivity index (χ0) is 16.7. The Morgan fingerprint density at radius 2 is 1.87 bits per heavy atom. The summed E-state index contributed by atoms with van der Waals surface area (Å²) < 4.78 is 31.2. The lowest BCUT2D eigenvalue weighted by Crippen LogP contribution is -2.17. The second-order valence-corrected chi connectivity index (χ2v) is 6.78. The number of aromatic nitrogens is 2. The van der Waals surface area contributed by atoms with Crippen LogP contribution in [0.5, 0.6) is 5.75 Å². The van der Waals surface area contributed by atoms with Crippen molar-refractivity contribution in [2.24, 2.45) is 0 Å². The molecule has 2 N–H and O–H groups in total. The van der Waals surface area contributed by atoms with E-state index in [2.05, 4.69) is 20.2 Å². The van der Waals surface area contributed by atoms with Crippen molar-refractivity contribution in [2.45, 2.75) is 19.8 Å². The van der Waals surface area contributed by atoms with Crippen molar-refractivity contribution in [3.63, 3.8) is 0 Å². The number of benzene rings is 1. The van der Waals surface area contributed by atoms with E-state index in [1.807, 2.05) is 31.2 Å². The number of sulfonamides is 1. The number of nitrogens with zero attached hydrogens (tertiary/aromatic N) is 2. The van der Waals surface area contributed by atoms with E-state index in [0.717, 1.165) is 17.9 Å². The third-order valence-corrected chi connectivity index (χ3v) is 4.38. The number of hydrogen-bond donors (Lipinski definition) is 2. The van der Waals surface area contributed by atoms with Crippen LogP contribution in [-0.4, -0.2) is 31.5 Å². The molecule has 1 aromatic carbocycles. The average molecular weight is 336 g/mol. The fourth-order valence-corrected chi connectivity index (χ4v) is 3.05. The predicted molar refractivity (Wildman–Crippen MR) is 90.6 cm³/mol. The molecular formula is C15H20N4O3S. The van der Waals surface area contributed by atoms with Gasteiger partial charge in [0.2, 0.25) is 10.0 Å². The first kappa shape index (κ1) is 17.0. The smallest absolute Gasteiger partial charge is 0.233 e. The number of anilines is 3. The number of unbranched alkanes of at least 4 members (excludes halogenated alkanes) is 1. The second kappa shape index (κ2) is 7.77. The summed E-state index contributed by atoms with van der Waals surface area (Å²) in [5.41, 5.74) is 0.801. The summed E-state index contributed by atoms with van der Waals surface area (Å²) in [6, 6.07) is 10.6. The van der Waals surface area contributed by atoms with Crippen LogP contribution in [0.25, 0.3) is 0 Å². The number of nitrogens with one attached hydrogen (secondary N) is 2. The van der Waals surface area contributed by atoms with Gasteiger partial charge in [-0.05, 0) is 30.7 Å². The highest BCUT2D eigenvalue weighted by Crippen LogP contribution is 2.20. The van der Waals surface area contributed by atoms with Crippen LogP contribution in [0.2, 0.25) is 0 Å². The van der Waals surface area contributed by atoms with Crippen molar-refractivity contribution in [1.29, 1.82) is 0 Å². The van der Waals surface area contributed by atoms with Gasteiger partial charge in [-0.3, -0.25) is 4.72 Å². The van der Waals surface area contributed by atoms with Crippen LogP contribution in [0.4, 0.5) is 17.3 Å². The zero-order valence-electron chi connectivity index (χ0n) is 13.1. The molecule has 124 valence electrons. The van der Waals surface area contributed by atoms with E-state index < -0.39 is 10.0 Å². The molecule has 0 aliphatic heterocycles. The summed E-state index contributed by atoms with van der Waals surface area (Å²) >= 11 is 0. The lowest BCUT2D eigenvalue weighted by atomic mass is 10.3. The van der Waals surface area contributed by atoms with Crippen molar-refractivity contribution >= 4 is 27.3 Å². The van der Waals surface area contributed by atoms with Gasteiger partial charge in [-0.2, -0.15) is 0 Å². The van der Waals surface area contributed by atoms with Crippen molar-refractivity contribution in [3.05, 3.63) is 36.4 Å². The van der Waals surface area contributed by atoms with Gasteiger partial charge in [0.25, 0.3) is 0 Å². The lowest BCUT2D eigenvalue weighted by molar-refractivity contribution is 0.415. The highest BCUT2D eigenvalue weighted by Gasteiger charge is 2.10. The number of ether oxygens (including phenoxy) is 1. The maximum Gasteiger partial charge on any atom is 0.233 e. The first-order chi connectivity index (χ1) is 11.0. The van der Waals surface area contributed by atoms with Crippen molar-refractivity contribution in [1.82, 2.24) is 10.2 Å². The monoisotopic (exact) mass is 336 g/mol. The fraction of sp³-hybridized carbons (Fsp3) is 0.333. The van der Waals surface area contributed by atoms with E-state index in [1.165, 1.54) is 0 Å². The summed E-state index contributed by atoms with van der Waals surface area (Å²) in [5, 5.41) is 10.9. The third-order valence-electron chi connectivity index (χ3n) is 3.03. The molecule has 0 saturated heterocycles. The number of rotatable bonds is 8. The second-order valence-electron chi connectivity index (χ2n) is 4.94. The molecule has 0 fully saturated rings. The van der Waals surface area contributed by atoms with Crippen LogP contribution in [0.15, 0.2) is 36.4 Å². The van der Waals surface area contributed by atoms with Gasteiger partial charge in [-0.25, -0.2) is 8.42 Å². The van der Waals surface area contributed by atoms with Gasteiger partial charge in [0.1, 0.15) is 5.75 Å². The Hall–Kier alpha value is -2.35. The molecule has 0 aliphatic carbocycles. The standard InChI is InChI=1S/C15H20N4O3S/c1-3-4-10-23(20,21)19-15-9-8-14(17-18-15)16-12-6-5-7-13(11-12)22-2/h5-9,11H,3-4,10H2,1-2H3,(H,16,17)(H,18,19). The largest absolute Gasteiger partial charge is 0.497 e. The predicted octanol–water partition coefficient (Wildman–Crippen LogP) is 2.77. The first-order valence-electron chi connectivity index (χ1n) is 7.27. The van der Waals surface area contributed by atoms with Gasteiger partial charge in [0.05, 0.1) is 12.9 Å². The molecule has 8 heteroatoms. The van der Waals surface area contributed by atoms with Crippen LogP contribution in [-0.2, 0) is 10.0 Å². The Morgan fingerprint density at radius 3 is 2.52 bits per heavy atom. The molecule has 1 aromatic heterocycles. The summed E-state index contributed by atoms with van der Waals surface area (Å²) in [7, 11) is -1.77. The van der Waals surface area contributed by atoms with Crippen LogP contribution in [0, 0.1) is 0 Å². The van der Waals surface area contributed by atoms with Gasteiger partial charge in [-0.1, -0.05) is 19.4 Å². The molecule has 2 rings (SSSR count). The Kier molecular flexibility index (Phi) is 5.75. The fourth-order valence-electron chi connectivity index (χ4n) is 1.85. The normalized spacial score (nSPS) is 11.0. The molecule has 0 unspecified atom stereocenters. The minimum atomic E-state index is -3.37. The SMILES string of the molecule is CCCCS(=O)(=O)Nc1ccc(Nc2cccc(OC)c2)nn1. The van der Waals surface area contributed by atoms with Crippen molar-refractivity contribution < 1.29 is 13.2 Å². The number of hydrogen-bond acceptors (Lipinski definition) is 6. The minimum absolute atomic E-state index is 0.0784. The molecule has 0 bridgehead atoms. The van der Waals surface area contributed by atoms with E-state index in [0.29, 0.717) is 12.2 Å². The molecule has 0 aliphatic rings. The topological polar surface area (TPSA) is 93.2 Å². The first-order valence-corrected chi connectivity index (χ1v) is 8.93. The Balaban J connectivity index is 2.01. The van der Waals surface area contributed by atoms with Gasteiger partial charge >= 0.3 is 0 Å². The van der Waals surface area contributed by atoms with E-state index in [9.17, 15) is 8.42 Å². The number of methoxy groups -OCH3 is 1. The third kappa shape index (κ3) is 5.41. The van der Waals surface area contributed by atoms with Gasteiger partial charge in [-0.15, -0.1) is 10.2 Å². The maximum atomic E-state index is 11.8. The molecule has 23 heavy (non-hydrogen) atoms.